The Morgan fingerprint density at radius 2 is 1.79 bits per heavy atom. The topological polar surface area (TPSA) is 105 Å². The molecule has 2 unspecified atom stereocenters. The summed E-state index contributed by atoms with van der Waals surface area (Å²) < 4.78 is 27.3. The fraction of sp³-hybridized carbons (Fsp3) is 0.333. The zero-order valence-corrected chi connectivity index (χ0v) is 17.8. The number of halogens is 2. The summed E-state index contributed by atoms with van der Waals surface area (Å²) in [5.74, 6) is 0.220. The van der Waals surface area contributed by atoms with Crippen LogP contribution in [0.2, 0.25) is 0 Å². The van der Waals surface area contributed by atoms with E-state index in [1.807, 2.05) is 6.92 Å². The van der Waals surface area contributed by atoms with E-state index >= 15 is 0 Å². The van der Waals surface area contributed by atoms with E-state index in [9.17, 15) is 13.2 Å². The Balaban J connectivity index is 0.00000196. The Kier molecular flexibility index (Phi) is 8.69. The van der Waals surface area contributed by atoms with E-state index in [1.165, 1.54) is 24.5 Å². The second-order valence-electron chi connectivity index (χ2n) is 6.51. The monoisotopic (exact) mass is 446 g/mol. The van der Waals surface area contributed by atoms with Gasteiger partial charge in [-0.3, -0.25) is 14.5 Å². The SMILES string of the molecule is CC1CC(CN)CN1C(=O)c1ccc(S(=O)(=O)Nc2ccncc2)cc1.Cl.Cl. The number of nitrogens with zero attached hydrogens (tertiary/aromatic N) is 2. The number of likely N-dealkylation sites (tertiary alicyclic amines) is 1. The van der Waals surface area contributed by atoms with Gasteiger partial charge >= 0.3 is 0 Å². The first-order chi connectivity index (χ1) is 12.4. The van der Waals surface area contributed by atoms with E-state index < -0.39 is 10.0 Å². The number of hydrogen-bond donors (Lipinski definition) is 2. The molecule has 2 aromatic rings. The van der Waals surface area contributed by atoms with Gasteiger partial charge in [0.05, 0.1) is 10.6 Å². The highest BCUT2D eigenvalue weighted by atomic mass is 35.5. The third-order valence-corrected chi connectivity index (χ3v) is 6.00. The highest BCUT2D eigenvalue weighted by molar-refractivity contribution is 7.92. The van der Waals surface area contributed by atoms with Crippen LogP contribution in [-0.4, -0.2) is 43.3 Å². The average Bonchev–Trinajstić information content (AvgIpc) is 3.02. The van der Waals surface area contributed by atoms with Gasteiger partial charge in [-0.2, -0.15) is 0 Å². The van der Waals surface area contributed by atoms with Crippen LogP contribution in [0.4, 0.5) is 5.69 Å². The lowest BCUT2D eigenvalue weighted by Crippen LogP contribution is -2.34. The van der Waals surface area contributed by atoms with Crippen LogP contribution in [0.15, 0.2) is 53.7 Å². The molecule has 0 aliphatic carbocycles. The maximum Gasteiger partial charge on any atom is 0.261 e. The van der Waals surface area contributed by atoms with Crippen LogP contribution >= 0.6 is 24.8 Å². The molecule has 2 heterocycles. The van der Waals surface area contributed by atoms with Gasteiger partial charge in [0.15, 0.2) is 0 Å². The number of nitrogens with one attached hydrogen (secondary N) is 1. The van der Waals surface area contributed by atoms with Gasteiger partial charge in [0, 0.05) is 30.5 Å². The first kappa shape index (κ1) is 24.2. The standard InChI is InChI=1S/C18H22N4O3S.2ClH/c1-13-10-14(11-19)12-22(13)18(23)15-2-4-17(5-3-15)26(24,25)21-16-6-8-20-9-7-16;;/h2-9,13-14H,10-12,19H2,1H3,(H,20,21);2*1H. The number of aromatic nitrogens is 1. The molecule has 0 bridgehead atoms. The molecule has 28 heavy (non-hydrogen) atoms. The van der Waals surface area contributed by atoms with Crippen LogP contribution in [0, 0.1) is 5.92 Å². The summed E-state index contributed by atoms with van der Waals surface area (Å²) in [5.41, 5.74) is 6.61. The van der Waals surface area contributed by atoms with Crippen LogP contribution < -0.4 is 10.5 Å². The summed E-state index contributed by atoms with van der Waals surface area (Å²) in [4.78, 5) is 18.4. The lowest BCUT2D eigenvalue weighted by Gasteiger charge is -2.21. The molecule has 154 valence electrons. The van der Waals surface area contributed by atoms with Crippen molar-refractivity contribution in [2.24, 2.45) is 11.7 Å². The first-order valence-corrected chi connectivity index (χ1v) is 9.93. The predicted molar refractivity (Wildman–Crippen MR) is 114 cm³/mol. The molecule has 1 fully saturated rings. The number of rotatable bonds is 5. The van der Waals surface area contributed by atoms with Gasteiger partial charge in [0.1, 0.15) is 0 Å². The summed E-state index contributed by atoms with van der Waals surface area (Å²) in [6.07, 6.45) is 3.90. The van der Waals surface area contributed by atoms with E-state index in [1.54, 1.807) is 29.2 Å². The molecule has 0 radical (unpaired) electrons. The normalized spacial score (nSPS) is 18.7. The number of sulfonamides is 1. The lowest BCUT2D eigenvalue weighted by atomic mass is 10.1. The molecule has 0 saturated carbocycles. The summed E-state index contributed by atoms with van der Waals surface area (Å²) in [6.45, 7) is 3.21. The minimum absolute atomic E-state index is 0. The number of benzene rings is 1. The molecule has 1 aromatic heterocycles. The van der Waals surface area contributed by atoms with Crippen LogP contribution in [-0.2, 0) is 10.0 Å². The predicted octanol–water partition coefficient (Wildman–Crippen LogP) is 2.54. The van der Waals surface area contributed by atoms with Gasteiger partial charge < -0.3 is 10.6 Å². The summed E-state index contributed by atoms with van der Waals surface area (Å²) >= 11 is 0. The second kappa shape index (κ2) is 10.1. The van der Waals surface area contributed by atoms with Crippen molar-refractivity contribution in [1.29, 1.82) is 0 Å². The van der Waals surface area contributed by atoms with Crippen molar-refractivity contribution in [2.75, 3.05) is 17.8 Å². The minimum atomic E-state index is -3.72. The quantitative estimate of drug-likeness (QED) is 0.733. The zero-order chi connectivity index (χ0) is 18.7. The van der Waals surface area contributed by atoms with E-state index in [0.717, 1.165) is 6.42 Å². The molecule has 1 aromatic carbocycles. The van der Waals surface area contributed by atoms with E-state index in [4.69, 9.17) is 5.73 Å². The highest BCUT2D eigenvalue weighted by Crippen LogP contribution is 2.24. The number of anilines is 1. The summed E-state index contributed by atoms with van der Waals surface area (Å²) in [7, 11) is -3.72. The molecule has 3 rings (SSSR count). The molecule has 2 atom stereocenters. The smallest absolute Gasteiger partial charge is 0.261 e. The van der Waals surface area contributed by atoms with Crippen molar-refractivity contribution in [2.45, 2.75) is 24.3 Å². The van der Waals surface area contributed by atoms with Crippen LogP contribution in [0.5, 0.6) is 0 Å². The van der Waals surface area contributed by atoms with Gasteiger partial charge in [-0.05, 0) is 62.2 Å². The number of carbonyl (C=O) groups is 1. The number of amides is 1. The van der Waals surface area contributed by atoms with Crippen molar-refractivity contribution in [3.63, 3.8) is 0 Å². The van der Waals surface area contributed by atoms with Gasteiger partial charge in [-0.15, -0.1) is 24.8 Å². The summed E-state index contributed by atoms with van der Waals surface area (Å²) in [5, 5.41) is 0. The van der Waals surface area contributed by atoms with Gasteiger partial charge in [-0.1, -0.05) is 0 Å². The highest BCUT2D eigenvalue weighted by Gasteiger charge is 2.32. The zero-order valence-electron chi connectivity index (χ0n) is 15.3. The molecule has 1 amide bonds. The molecule has 7 nitrogen and oxygen atoms in total. The molecule has 10 heteroatoms. The molecule has 3 N–H and O–H groups in total. The Hall–Kier alpha value is -1.87. The van der Waals surface area contributed by atoms with E-state index in [2.05, 4.69) is 9.71 Å². The van der Waals surface area contributed by atoms with Crippen LogP contribution in [0.1, 0.15) is 23.7 Å². The van der Waals surface area contributed by atoms with Crippen molar-refractivity contribution < 1.29 is 13.2 Å². The number of hydrogen-bond acceptors (Lipinski definition) is 5. The van der Waals surface area contributed by atoms with Crippen molar-refractivity contribution >= 4 is 46.4 Å². The van der Waals surface area contributed by atoms with Gasteiger partial charge in [-0.25, -0.2) is 8.42 Å². The number of carbonyl (C=O) groups excluding carboxylic acids is 1. The first-order valence-electron chi connectivity index (χ1n) is 8.44. The minimum Gasteiger partial charge on any atom is -0.336 e. The van der Waals surface area contributed by atoms with Crippen molar-refractivity contribution in [1.82, 2.24) is 9.88 Å². The Morgan fingerprint density at radius 3 is 2.32 bits per heavy atom. The Labute approximate surface area is 177 Å². The average molecular weight is 447 g/mol. The maximum absolute atomic E-state index is 12.7. The third kappa shape index (κ3) is 5.35. The molecular formula is C18H24Cl2N4O3S. The molecule has 1 saturated heterocycles. The lowest BCUT2D eigenvalue weighted by molar-refractivity contribution is 0.0743. The van der Waals surface area contributed by atoms with Crippen LogP contribution in [0.25, 0.3) is 0 Å². The fourth-order valence-electron chi connectivity index (χ4n) is 3.17. The molecule has 1 aliphatic heterocycles. The molecular weight excluding hydrogens is 423 g/mol. The van der Waals surface area contributed by atoms with E-state index in [-0.39, 0.29) is 41.7 Å². The Morgan fingerprint density at radius 1 is 1.18 bits per heavy atom. The maximum atomic E-state index is 12.7. The Bertz CT molecular complexity index is 879. The van der Waals surface area contributed by atoms with Crippen molar-refractivity contribution in [3.05, 3.63) is 54.4 Å². The van der Waals surface area contributed by atoms with Crippen LogP contribution in [0.3, 0.4) is 0 Å². The number of nitrogens with two attached hydrogens (primary N) is 1. The van der Waals surface area contributed by atoms with Gasteiger partial charge in [0.25, 0.3) is 15.9 Å². The number of pyridine rings is 1. The molecule has 1 aliphatic rings. The summed E-state index contributed by atoms with van der Waals surface area (Å²) in [6, 6.07) is 9.25. The van der Waals surface area contributed by atoms with Gasteiger partial charge in [0.2, 0.25) is 0 Å². The molecule has 0 spiro atoms. The largest absolute Gasteiger partial charge is 0.336 e. The second-order valence-corrected chi connectivity index (χ2v) is 8.19. The third-order valence-electron chi connectivity index (χ3n) is 4.60. The van der Waals surface area contributed by atoms with E-state index in [0.29, 0.717) is 30.3 Å². The van der Waals surface area contributed by atoms with Crippen molar-refractivity contribution in [3.8, 4) is 0 Å². The fourth-order valence-corrected chi connectivity index (χ4v) is 4.23.